The number of hydrogen-bond donors (Lipinski definition) is 1. The number of nitrogens with one attached hydrogen (secondary N) is 1. The van der Waals surface area contributed by atoms with Crippen LogP contribution in [0.5, 0.6) is 0 Å². The molecule has 0 saturated carbocycles. The first kappa shape index (κ1) is 16.7. The summed E-state index contributed by atoms with van der Waals surface area (Å²) in [7, 11) is 0. The lowest BCUT2D eigenvalue weighted by Crippen LogP contribution is -2.32. The van der Waals surface area contributed by atoms with Gasteiger partial charge in [-0.25, -0.2) is 0 Å². The summed E-state index contributed by atoms with van der Waals surface area (Å²) in [4.78, 5) is 26.1. The fourth-order valence-corrected chi connectivity index (χ4v) is 3.15. The molecule has 2 saturated heterocycles. The van der Waals surface area contributed by atoms with Crippen molar-refractivity contribution < 1.29 is 19.1 Å². The third-order valence-electron chi connectivity index (χ3n) is 4.43. The Morgan fingerprint density at radius 3 is 2.79 bits per heavy atom. The van der Waals surface area contributed by atoms with Crippen LogP contribution in [-0.2, 0) is 20.8 Å². The average Bonchev–Trinajstić information content (AvgIpc) is 3.30. The summed E-state index contributed by atoms with van der Waals surface area (Å²) in [6.45, 7) is 6.32. The smallest absolute Gasteiger partial charge is 0.254 e. The van der Waals surface area contributed by atoms with Gasteiger partial charge in [-0.2, -0.15) is 0 Å². The molecule has 6 nitrogen and oxygen atoms in total. The fourth-order valence-electron chi connectivity index (χ4n) is 3.15. The van der Waals surface area contributed by atoms with E-state index in [0.717, 1.165) is 12.0 Å². The second kappa shape index (κ2) is 7.59. The SMILES string of the molecule is C=CC(=O)NCc1ccccc1C(=O)N1CCC(C2OCCO2)C1. The Labute approximate surface area is 141 Å². The highest BCUT2D eigenvalue weighted by molar-refractivity contribution is 5.96. The van der Waals surface area contributed by atoms with Crippen LogP contribution in [0.4, 0.5) is 0 Å². The molecule has 0 aliphatic carbocycles. The molecule has 1 aromatic rings. The molecule has 2 aliphatic heterocycles. The van der Waals surface area contributed by atoms with Crippen molar-refractivity contribution in [1.29, 1.82) is 0 Å². The zero-order chi connectivity index (χ0) is 16.9. The van der Waals surface area contributed by atoms with Gasteiger partial charge in [-0.15, -0.1) is 0 Å². The van der Waals surface area contributed by atoms with E-state index in [1.165, 1.54) is 6.08 Å². The third-order valence-corrected chi connectivity index (χ3v) is 4.43. The minimum absolute atomic E-state index is 0.0149. The molecule has 2 fully saturated rings. The maximum atomic E-state index is 12.9. The molecule has 2 amide bonds. The molecule has 1 unspecified atom stereocenters. The third kappa shape index (κ3) is 3.66. The van der Waals surface area contributed by atoms with Crippen molar-refractivity contribution in [1.82, 2.24) is 10.2 Å². The predicted molar refractivity (Wildman–Crippen MR) is 88.2 cm³/mol. The van der Waals surface area contributed by atoms with E-state index in [4.69, 9.17) is 9.47 Å². The number of likely N-dealkylation sites (tertiary alicyclic amines) is 1. The Kier molecular flexibility index (Phi) is 5.27. The molecule has 128 valence electrons. The van der Waals surface area contributed by atoms with Crippen molar-refractivity contribution >= 4 is 11.8 Å². The van der Waals surface area contributed by atoms with Crippen LogP contribution in [0.15, 0.2) is 36.9 Å². The zero-order valence-corrected chi connectivity index (χ0v) is 13.6. The fraction of sp³-hybridized carbons (Fsp3) is 0.444. The molecule has 1 atom stereocenters. The van der Waals surface area contributed by atoms with E-state index in [1.54, 1.807) is 6.07 Å². The first-order valence-electron chi connectivity index (χ1n) is 8.19. The van der Waals surface area contributed by atoms with Gasteiger partial charge in [-0.1, -0.05) is 24.8 Å². The first-order valence-corrected chi connectivity index (χ1v) is 8.19. The van der Waals surface area contributed by atoms with Crippen molar-refractivity contribution in [3.05, 3.63) is 48.0 Å². The molecule has 2 heterocycles. The molecule has 0 bridgehead atoms. The molecule has 2 aliphatic rings. The number of carbonyl (C=O) groups excluding carboxylic acids is 2. The van der Waals surface area contributed by atoms with Crippen LogP contribution in [0.3, 0.4) is 0 Å². The molecule has 0 radical (unpaired) electrons. The van der Waals surface area contributed by atoms with Crippen molar-refractivity contribution in [3.63, 3.8) is 0 Å². The average molecular weight is 330 g/mol. The lowest BCUT2D eigenvalue weighted by Gasteiger charge is -2.20. The molecule has 6 heteroatoms. The Morgan fingerprint density at radius 2 is 2.04 bits per heavy atom. The maximum Gasteiger partial charge on any atom is 0.254 e. The minimum Gasteiger partial charge on any atom is -0.350 e. The number of nitrogens with zero attached hydrogens (tertiary/aromatic N) is 1. The highest BCUT2D eigenvalue weighted by Crippen LogP contribution is 2.26. The highest BCUT2D eigenvalue weighted by atomic mass is 16.7. The second-order valence-electron chi connectivity index (χ2n) is 5.99. The van der Waals surface area contributed by atoms with Gasteiger partial charge in [-0.05, 0) is 24.1 Å². The van der Waals surface area contributed by atoms with E-state index in [-0.39, 0.29) is 24.0 Å². The van der Waals surface area contributed by atoms with Gasteiger partial charge in [-0.3, -0.25) is 9.59 Å². The summed E-state index contributed by atoms with van der Waals surface area (Å²) >= 11 is 0. The summed E-state index contributed by atoms with van der Waals surface area (Å²) < 4.78 is 11.1. The lowest BCUT2D eigenvalue weighted by atomic mass is 10.1. The van der Waals surface area contributed by atoms with E-state index in [0.29, 0.717) is 38.4 Å². The lowest BCUT2D eigenvalue weighted by molar-refractivity contribution is -0.116. The summed E-state index contributed by atoms with van der Waals surface area (Å²) in [6.07, 6.45) is 1.91. The number of amides is 2. The first-order chi connectivity index (χ1) is 11.7. The molecule has 1 aromatic carbocycles. The van der Waals surface area contributed by atoms with Crippen LogP contribution in [0.1, 0.15) is 22.3 Å². The van der Waals surface area contributed by atoms with E-state index >= 15 is 0 Å². The van der Waals surface area contributed by atoms with Gasteiger partial charge >= 0.3 is 0 Å². The Hall–Kier alpha value is -2.18. The van der Waals surface area contributed by atoms with Crippen LogP contribution < -0.4 is 5.32 Å². The summed E-state index contributed by atoms with van der Waals surface area (Å²) in [5.74, 6) is -0.0444. The molecular weight excluding hydrogens is 308 g/mol. The largest absolute Gasteiger partial charge is 0.350 e. The summed E-state index contributed by atoms with van der Waals surface area (Å²) in [5, 5.41) is 2.72. The van der Waals surface area contributed by atoms with Gasteiger partial charge in [0, 0.05) is 31.1 Å². The predicted octanol–water partition coefficient (Wildman–Crippen LogP) is 1.32. The number of carbonyl (C=O) groups is 2. The Morgan fingerprint density at radius 1 is 1.29 bits per heavy atom. The second-order valence-corrected chi connectivity index (χ2v) is 5.99. The number of hydrogen-bond acceptors (Lipinski definition) is 4. The molecule has 0 aromatic heterocycles. The van der Waals surface area contributed by atoms with Crippen LogP contribution in [-0.4, -0.2) is 49.3 Å². The van der Waals surface area contributed by atoms with E-state index < -0.39 is 0 Å². The van der Waals surface area contributed by atoms with Crippen molar-refractivity contribution in [2.75, 3.05) is 26.3 Å². The molecule has 24 heavy (non-hydrogen) atoms. The highest BCUT2D eigenvalue weighted by Gasteiger charge is 2.35. The van der Waals surface area contributed by atoms with Gasteiger partial charge in [0.25, 0.3) is 5.91 Å². The number of rotatable bonds is 5. The zero-order valence-electron chi connectivity index (χ0n) is 13.6. The van der Waals surface area contributed by atoms with Crippen LogP contribution in [0, 0.1) is 5.92 Å². The van der Waals surface area contributed by atoms with Gasteiger partial charge in [0.05, 0.1) is 13.2 Å². The van der Waals surface area contributed by atoms with E-state index in [9.17, 15) is 9.59 Å². The van der Waals surface area contributed by atoms with Crippen molar-refractivity contribution in [3.8, 4) is 0 Å². The van der Waals surface area contributed by atoms with Gasteiger partial charge in [0.2, 0.25) is 5.91 Å². The van der Waals surface area contributed by atoms with Crippen LogP contribution >= 0.6 is 0 Å². The standard InChI is InChI=1S/C18H22N2O4/c1-2-16(21)19-11-13-5-3-4-6-15(13)17(22)20-8-7-14(12-20)18-23-9-10-24-18/h2-6,14,18H,1,7-12H2,(H,19,21). The van der Waals surface area contributed by atoms with Crippen LogP contribution in [0.2, 0.25) is 0 Å². The summed E-state index contributed by atoms with van der Waals surface area (Å²) in [5.41, 5.74) is 1.42. The summed E-state index contributed by atoms with van der Waals surface area (Å²) in [6, 6.07) is 7.35. The van der Waals surface area contributed by atoms with Crippen molar-refractivity contribution in [2.24, 2.45) is 5.92 Å². The topological polar surface area (TPSA) is 67.9 Å². The van der Waals surface area contributed by atoms with Gasteiger partial charge in [0.1, 0.15) is 0 Å². The van der Waals surface area contributed by atoms with E-state index in [2.05, 4.69) is 11.9 Å². The molecule has 0 spiro atoms. The molecular formula is C18H22N2O4. The minimum atomic E-state index is -0.256. The number of ether oxygens (including phenoxy) is 2. The van der Waals surface area contributed by atoms with Crippen molar-refractivity contribution in [2.45, 2.75) is 19.3 Å². The van der Waals surface area contributed by atoms with E-state index in [1.807, 2.05) is 23.1 Å². The van der Waals surface area contributed by atoms with Crippen LogP contribution in [0.25, 0.3) is 0 Å². The maximum absolute atomic E-state index is 12.9. The Bertz CT molecular complexity index is 625. The van der Waals surface area contributed by atoms with Gasteiger partial charge in [0.15, 0.2) is 6.29 Å². The normalized spacial score (nSPS) is 21.0. The monoisotopic (exact) mass is 330 g/mol. The number of benzene rings is 1. The molecule has 1 N–H and O–H groups in total. The quantitative estimate of drug-likeness (QED) is 0.827. The van der Waals surface area contributed by atoms with Gasteiger partial charge < -0.3 is 19.7 Å². The Balaban J connectivity index is 1.66. The molecule has 3 rings (SSSR count).